The lowest BCUT2D eigenvalue weighted by molar-refractivity contribution is 0.597. The second-order valence-corrected chi connectivity index (χ2v) is 7.13. The Balaban J connectivity index is 2.25. The molecule has 21 heavy (non-hydrogen) atoms. The Morgan fingerprint density at radius 1 is 1.24 bits per heavy atom. The summed E-state index contributed by atoms with van der Waals surface area (Å²) in [5.74, 6) is 0.0960. The number of sulfone groups is 1. The van der Waals surface area contributed by atoms with E-state index in [4.69, 9.17) is 0 Å². The molecule has 6 heteroatoms. The normalized spacial score (nSPS) is 11.6. The highest BCUT2D eigenvalue weighted by Gasteiger charge is 2.16. The zero-order valence-electron chi connectivity index (χ0n) is 12.6. The third-order valence-corrected chi connectivity index (χ3v) is 5.18. The molecule has 114 valence electrons. The van der Waals surface area contributed by atoms with Crippen molar-refractivity contribution in [3.63, 3.8) is 0 Å². The molecule has 0 radical (unpaired) electrons. The van der Waals surface area contributed by atoms with Crippen LogP contribution in [0.1, 0.15) is 25.1 Å². The molecule has 5 nitrogen and oxygen atoms in total. The maximum Gasteiger partial charge on any atom is 0.180 e. The number of hydrogen-bond donors (Lipinski definition) is 1. The molecule has 1 N–H and O–H groups in total. The molecule has 1 aromatic heterocycles. The fourth-order valence-corrected chi connectivity index (χ4v) is 3.33. The molecule has 0 amide bonds. The highest BCUT2D eigenvalue weighted by atomic mass is 32.2. The van der Waals surface area contributed by atoms with Crippen molar-refractivity contribution >= 4 is 15.5 Å². The van der Waals surface area contributed by atoms with E-state index < -0.39 is 9.84 Å². The number of anilines is 1. The number of aryl methyl sites for hydroxylation is 2. The van der Waals surface area contributed by atoms with Gasteiger partial charge in [0.05, 0.1) is 22.0 Å². The second-order valence-electron chi connectivity index (χ2n) is 4.88. The first kappa shape index (κ1) is 15.6. The molecular weight excluding hydrogens is 286 g/mol. The van der Waals surface area contributed by atoms with Crippen LogP contribution >= 0.6 is 0 Å². The van der Waals surface area contributed by atoms with Crippen LogP contribution in [0, 0.1) is 0 Å². The third kappa shape index (κ3) is 3.44. The van der Waals surface area contributed by atoms with E-state index in [9.17, 15) is 8.42 Å². The molecule has 0 saturated carbocycles. The average Bonchev–Trinajstić information content (AvgIpc) is 2.85. The van der Waals surface area contributed by atoms with Crippen molar-refractivity contribution < 1.29 is 8.42 Å². The summed E-state index contributed by atoms with van der Waals surface area (Å²) in [6.07, 6.45) is 2.82. The lowest BCUT2D eigenvalue weighted by Crippen LogP contribution is -2.09. The Labute approximate surface area is 125 Å². The van der Waals surface area contributed by atoms with Crippen LogP contribution in [0.15, 0.2) is 35.4 Å². The SMILES string of the molecule is CCc1nn(C)cc1CNc1ccccc1S(=O)(=O)CC. The number of aromatic nitrogens is 2. The fourth-order valence-electron chi connectivity index (χ4n) is 2.26. The van der Waals surface area contributed by atoms with E-state index in [1.165, 1.54) is 0 Å². The molecule has 1 heterocycles. The van der Waals surface area contributed by atoms with Crippen LogP contribution in [0.25, 0.3) is 0 Å². The Kier molecular flexibility index (Phi) is 4.67. The Bertz CT molecular complexity index is 720. The van der Waals surface area contributed by atoms with E-state index in [1.807, 2.05) is 19.3 Å². The van der Waals surface area contributed by atoms with Crippen molar-refractivity contribution in [3.05, 3.63) is 41.7 Å². The molecule has 0 aliphatic rings. The van der Waals surface area contributed by atoms with Gasteiger partial charge in [-0.25, -0.2) is 8.42 Å². The van der Waals surface area contributed by atoms with Crippen LogP contribution in [-0.4, -0.2) is 24.0 Å². The molecule has 0 bridgehead atoms. The summed E-state index contributed by atoms with van der Waals surface area (Å²) in [6.45, 7) is 4.27. The number of nitrogens with zero attached hydrogens (tertiary/aromatic N) is 2. The molecule has 0 aliphatic carbocycles. The first-order chi connectivity index (χ1) is 9.97. The molecule has 0 aliphatic heterocycles. The van der Waals surface area contributed by atoms with Gasteiger partial charge in [-0.1, -0.05) is 26.0 Å². The predicted octanol–water partition coefficient (Wildman–Crippen LogP) is 2.39. The standard InChI is InChI=1S/C15H21N3O2S/c1-4-13-12(11-18(3)17-13)10-16-14-8-6-7-9-15(14)21(19,20)5-2/h6-9,11,16H,4-5,10H2,1-3H3. The van der Waals surface area contributed by atoms with E-state index >= 15 is 0 Å². The molecular formula is C15H21N3O2S. The first-order valence-corrected chi connectivity index (χ1v) is 8.70. The van der Waals surface area contributed by atoms with E-state index in [1.54, 1.807) is 29.8 Å². The summed E-state index contributed by atoms with van der Waals surface area (Å²) < 4.78 is 26.0. The summed E-state index contributed by atoms with van der Waals surface area (Å²) in [6, 6.07) is 7.02. The zero-order valence-corrected chi connectivity index (χ0v) is 13.4. The van der Waals surface area contributed by atoms with Crippen molar-refractivity contribution in [2.24, 2.45) is 7.05 Å². The smallest absolute Gasteiger partial charge is 0.180 e. The van der Waals surface area contributed by atoms with Gasteiger partial charge >= 0.3 is 0 Å². The third-order valence-electron chi connectivity index (χ3n) is 3.40. The molecule has 0 atom stereocenters. The van der Waals surface area contributed by atoms with Gasteiger partial charge in [0.25, 0.3) is 0 Å². The van der Waals surface area contributed by atoms with Crippen molar-refractivity contribution in [2.45, 2.75) is 31.7 Å². The van der Waals surface area contributed by atoms with Crippen molar-refractivity contribution in [1.82, 2.24) is 9.78 Å². The van der Waals surface area contributed by atoms with E-state index in [0.29, 0.717) is 17.1 Å². The van der Waals surface area contributed by atoms with Gasteiger partial charge in [-0.15, -0.1) is 0 Å². The van der Waals surface area contributed by atoms with Crippen molar-refractivity contribution in [2.75, 3.05) is 11.1 Å². The predicted molar refractivity (Wildman–Crippen MR) is 84.1 cm³/mol. The van der Waals surface area contributed by atoms with Crippen LogP contribution in [0.3, 0.4) is 0 Å². The Morgan fingerprint density at radius 3 is 2.62 bits per heavy atom. The van der Waals surface area contributed by atoms with Gasteiger partial charge in [0.2, 0.25) is 0 Å². The van der Waals surface area contributed by atoms with Gasteiger partial charge in [-0.05, 0) is 18.6 Å². The molecule has 0 saturated heterocycles. The molecule has 2 rings (SSSR count). The number of hydrogen-bond acceptors (Lipinski definition) is 4. The van der Waals surface area contributed by atoms with Gasteiger partial charge in [-0.2, -0.15) is 5.10 Å². The average molecular weight is 307 g/mol. The quantitative estimate of drug-likeness (QED) is 0.890. The molecule has 1 aromatic carbocycles. The largest absolute Gasteiger partial charge is 0.380 e. The van der Waals surface area contributed by atoms with E-state index in [-0.39, 0.29) is 5.75 Å². The van der Waals surface area contributed by atoms with Crippen molar-refractivity contribution in [3.8, 4) is 0 Å². The van der Waals surface area contributed by atoms with Gasteiger partial charge in [0.15, 0.2) is 9.84 Å². The van der Waals surface area contributed by atoms with Crippen LogP contribution < -0.4 is 5.32 Å². The zero-order chi connectivity index (χ0) is 15.5. The first-order valence-electron chi connectivity index (χ1n) is 7.05. The van der Waals surface area contributed by atoms with Gasteiger partial charge in [0, 0.05) is 25.4 Å². The van der Waals surface area contributed by atoms with Gasteiger partial charge < -0.3 is 5.32 Å². The highest BCUT2D eigenvalue weighted by molar-refractivity contribution is 7.91. The molecule has 0 fully saturated rings. The van der Waals surface area contributed by atoms with Crippen LogP contribution in [0.2, 0.25) is 0 Å². The monoisotopic (exact) mass is 307 g/mol. The minimum Gasteiger partial charge on any atom is -0.380 e. The molecule has 0 unspecified atom stereocenters. The molecule has 0 spiro atoms. The minimum atomic E-state index is -3.23. The number of nitrogens with one attached hydrogen (secondary N) is 1. The minimum absolute atomic E-state index is 0.0960. The van der Waals surface area contributed by atoms with Crippen LogP contribution in [-0.2, 0) is 29.9 Å². The number of rotatable bonds is 6. The van der Waals surface area contributed by atoms with Crippen LogP contribution in [0.4, 0.5) is 5.69 Å². The fraction of sp³-hybridized carbons (Fsp3) is 0.400. The lowest BCUT2D eigenvalue weighted by atomic mass is 10.2. The highest BCUT2D eigenvalue weighted by Crippen LogP contribution is 2.23. The molecule has 2 aromatic rings. The van der Waals surface area contributed by atoms with Crippen LogP contribution in [0.5, 0.6) is 0 Å². The van der Waals surface area contributed by atoms with Gasteiger partial charge in [0.1, 0.15) is 0 Å². The van der Waals surface area contributed by atoms with Gasteiger partial charge in [-0.3, -0.25) is 4.68 Å². The summed E-state index contributed by atoms with van der Waals surface area (Å²) in [5, 5.41) is 7.61. The summed E-state index contributed by atoms with van der Waals surface area (Å²) in [5.41, 5.74) is 2.76. The number of benzene rings is 1. The topological polar surface area (TPSA) is 64.0 Å². The lowest BCUT2D eigenvalue weighted by Gasteiger charge is -2.11. The Hall–Kier alpha value is -1.82. The van der Waals surface area contributed by atoms with E-state index in [2.05, 4.69) is 17.3 Å². The summed E-state index contributed by atoms with van der Waals surface area (Å²) >= 11 is 0. The Morgan fingerprint density at radius 2 is 1.95 bits per heavy atom. The summed E-state index contributed by atoms with van der Waals surface area (Å²) in [7, 11) is -1.34. The second kappa shape index (κ2) is 6.30. The summed E-state index contributed by atoms with van der Waals surface area (Å²) in [4.78, 5) is 0.356. The maximum atomic E-state index is 12.1. The number of para-hydroxylation sites is 1. The van der Waals surface area contributed by atoms with E-state index in [0.717, 1.165) is 17.7 Å². The maximum absolute atomic E-state index is 12.1. The van der Waals surface area contributed by atoms with Crippen molar-refractivity contribution in [1.29, 1.82) is 0 Å².